The number of primary amides is 1. The van der Waals surface area contributed by atoms with E-state index in [0.717, 1.165) is 16.6 Å². The number of benzene rings is 1. The maximum atomic E-state index is 11.2. The van der Waals surface area contributed by atoms with Crippen LogP contribution in [0.5, 0.6) is 0 Å². The fraction of sp³-hybridized carbons (Fsp3) is 0.429. The molecule has 0 saturated heterocycles. The number of carbonyl (C=O) groups is 1. The number of carbonyl (C=O) groups excluding carboxylic acids is 1. The van der Waals surface area contributed by atoms with Crippen LogP contribution in [0.25, 0.3) is 11.0 Å². The molecule has 6 heteroatoms. The van der Waals surface area contributed by atoms with E-state index in [1.54, 1.807) is 0 Å². The molecule has 0 aliphatic rings. The summed E-state index contributed by atoms with van der Waals surface area (Å²) in [4.78, 5) is 27.7. The van der Waals surface area contributed by atoms with Crippen LogP contribution in [0.2, 0.25) is 0 Å². The van der Waals surface area contributed by atoms with Crippen LogP contribution in [-0.2, 0) is 4.79 Å². The third-order valence-electron chi connectivity index (χ3n) is 3.39. The topological polar surface area (TPSA) is 118 Å². The first kappa shape index (κ1) is 14.3. The molecule has 2 rings (SSSR count). The fourth-order valence-corrected chi connectivity index (χ4v) is 2.54. The Bertz CT molecular complexity index is 684. The monoisotopic (exact) mass is 276 g/mol. The van der Waals surface area contributed by atoms with Crippen molar-refractivity contribution in [3.63, 3.8) is 0 Å². The number of nitrogens with one attached hydrogen (secondary N) is 2. The molecule has 0 spiro atoms. The lowest BCUT2D eigenvalue weighted by Crippen LogP contribution is -2.27. The Kier molecular flexibility index (Phi) is 3.67. The van der Waals surface area contributed by atoms with Crippen LogP contribution in [0.15, 0.2) is 23.0 Å². The van der Waals surface area contributed by atoms with E-state index in [2.05, 4.69) is 9.97 Å². The first-order valence-electron chi connectivity index (χ1n) is 6.53. The van der Waals surface area contributed by atoms with Gasteiger partial charge < -0.3 is 21.4 Å². The van der Waals surface area contributed by atoms with Gasteiger partial charge in [0.15, 0.2) is 0 Å². The lowest BCUT2D eigenvalue weighted by molar-refractivity contribution is -0.120. The molecule has 6 nitrogen and oxygen atoms in total. The normalized spacial score (nSPS) is 13.6. The number of hydrogen-bond acceptors (Lipinski definition) is 3. The number of H-pyrrole nitrogens is 2. The molecule has 2 aromatic rings. The van der Waals surface area contributed by atoms with Crippen molar-refractivity contribution in [1.29, 1.82) is 0 Å². The second kappa shape index (κ2) is 5.13. The number of aromatic amines is 2. The first-order valence-corrected chi connectivity index (χ1v) is 6.53. The predicted molar refractivity (Wildman–Crippen MR) is 78.1 cm³/mol. The summed E-state index contributed by atoms with van der Waals surface area (Å²) in [6.45, 7) is 3.93. The van der Waals surface area contributed by atoms with Crippen molar-refractivity contribution in [1.82, 2.24) is 9.97 Å². The molecule has 1 atom stereocenters. The Morgan fingerprint density at radius 1 is 1.30 bits per heavy atom. The van der Waals surface area contributed by atoms with Gasteiger partial charge in [0.2, 0.25) is 5.91 Å². The molecule has 1 unspecified atom stereocenters. The van der Waals surface area contributed by atoms with Gasteiger partial charge in [-0.15, -0.1) is 0 Å². The van der Waals surface area contributed by atoms with Gasteiger partial charge in [0, 0.05) is 12.5 Å². The number of fused-ring (bicyclic) bond motifs is 1. The molecule has 0 aliphatic heterocycles. The van der Waals surface area contributed by atoms with Crippen molar-refractivity contribution < 1.29 is 4.79 Å². The highest BCUT2D eigenvalue weighted by molar-refractivity contribution is 5.75. The van der Waals surface area contributed by atoms with Crippen molar-refractivity contribution in [3.8, 4) is 0 Å². The van der Waals surface area contributed by atoms with Crippen LogP contribution >= 0.6 is 0 Å². The van der Waals surface area contributed by atoms with Gasteiger partial charge in [0.1, 0.15) is 0 Å². The minimum Gasteiger partial charge on any atom is -0.370 e. The second-order valence-electron chi connectivity index (χ2n) is 6.00. The van der Waals surface area contributed by atoms with Crippen molar-refractivity contribution in [2.75, 3.05) is 0 Å². The third kappa shape index (κ3) is 3.27. The largest absolute Gasteiger partial charge is 0.370 e. The van der Waals surface area contributed by atoms with E-state index in [1.807, 2.05) is 32.0 Å². The molecule has 0 bridgehead atoms. The van der Waals surface area contributed by atoms with E-state index in [0.29, 0.717) is 12.8 Å². The number of hydrogen-bond donors (Lipinski definition) is 4. The molecule has 0 saturated carbocycles. The smallest absolute Gasteiger partial charge is 0.323 e. The summed E-state index contributed by atoms with van der Waals surface area (Å²) >= 11 is 0. The number of imidazole rings is 1. The maximum absolute atomic E-state index is 11.2. The van der Waals surface area contributed by atoms with Gasteiger partial charge in [-0.05, 0) is 29.5 Å². The highest BCUT2D eigenvalue weighted by Crippen LogP contribution is 2.32. The van der Waals surface area contributed by atoms with Gasteiger partial charge in [0.05, 0.1) is 11.0 Å². The number of amides is 1. The minimum absolute atomic E-state index is 0.216. The van der Waals surface area contributed by atoms with E-state index in [1.165, 1.54) is 0 Å². The summed E-state index contributed by atoms with van der Waals surface area (Å²) in [5, 5.41) is 0. The van der Waals surface area contributed by atoms with Gasteiger partial charge in [-0.2, -0.15) is 0 Å². The van der Waals surface area contributed by atoms with E-state index in [9.17, 15) is 9.59 Å². The third-order valence-corrected chi connectivity index (χ3v) is 3.39. The van der Waals surface area contributed by atoms with Crippen LogP contribution in [0, 0.1) is 5.41 Å². The van der Waals surface area contributed by atoms with Crippen LogP contribution < -0.4 is 17.2 Å². The summed E-state index contributed by atoms with van der Waals surface area (Å²) in [5.41, 5.74) is 13.4. The zero-order chi connectivity index (χ0) is 14.9. The van der Waals surface area contributed by atoms with Gasteiger partial charge in [-0.1, -0.05) is 19.9 Å². The van der Waals surface area contributed by atoms with Gasteiger partial charge in [-0.25, -0.2) is 4.79 Å². The lowest BCUT2D eigenvalue weighted by Gasteiger charge is -2.26. The Morgan fingerprint density at radius 2 is 1.95 bits per heavy atom. The average Bonchev–Trinajstić information content (AvgIpc) is 2.64. The molecule has 1 heterocycles. The molecule has 1 aromatic carbocycles. The van der Waals surface area contributed by atoms with Gasteiger partial charge in [0.25, 0.3) is 0 Å². The van der Waals surface area contributed by atoms with E-state index < -0.39 is 0 Å². The molecule has 0 aliphatic carbocycles. The van der Waals surface area contributed by atoms with Crippen LogP contribution in [-0.4, -0.2) is 15.9 Å². The maximum Gasteiger partial charge on any atom is 0.323 e. The summed E-state index contributed by atoms with van der Waals surface area (Å²) in [6, 6.07) is 5.35. The molecule has 1 aromatic heterocycles. The lowest BCUT2D eigenvalue weighted by atomic mass is 9.81. The summed E-state index contributed by atoms with van der Waals surface area (Å²) in [7, 11) is 0. The molecule has 108 valence electrons. The van der Waals surface area contributed by atoms with E-state index in [4.69, 9.17) is 11.5 Å². The molecule has 1 amide bonds. The van der Waals surface area contributed by atoms with Crippen molar-refractivity contribution in [2.24, 2.45) is 16.9 Å². The van der Waals surface area contributed by atoms with Gasteiger partial charge >= 0.3 is 5.69 Å². The molecule has 20 heavy (non-hydrogen) atoms. The Hall–Kier alpha value is -2.08. The van der Waals surface area contributed by atoms with E-state index >= 15 is 0 Å². The van der Waals surface area contributed by atoms with Crippen LogP contribution in [0.4, 0.5) is 0 Å². The average molecular weight is 276 g/mol. The highest BCUT2D eigenvalue weighted by atomic mass is 16.1. The fourth-order valence-electron chi connectivity index (χ4n) is 2.54. The summed E-state index contributed by atoms with van der Waals surface area (Å²) in [5.74, 6) is -0.326. The molecule has 0 radical (unpaired) electrons. The standard InChI is InChI=1S/C14H20N4O2/c1-14(2,7-12(16)19)6-9(15)8-3-4-10-11(5-8)18-13(20)17-10/h3-5,9H,6-7,15H2,1-2H3,(H2,16,19)(H2,17,18,20). The second-order valence-corrected chi connectivity index (χ2v) is 6.00. The Balaban J connectivity index is 2.20. The Labute approximate surface area is 116 Å². The SMILES string of the molecule is CC(C)(CC(N)=O)CC(N)c1ccc2[nH]c(=O)[nH]c2c1. The predicted octanol–water partition coefficient (Wildman–Crippen LogP) is 1.15. The summed E-state index contributed by atoms with van der Waals surface area (Å²) in [6.07, 6.45) is 0.931. The zero-order valence-electron chi connectivity index (χ0n) is 11.7. The molecule has 6 N–H and O–H groups in total. The zero-order valence-corrected chi connectivity index (χ0v) is 11.7. The van der Waals surface area contributed by atoms with E-state index in [-0.39, 0.29) is 23.1 Å². The first-order chi connectivity index (χ1) is 9.27. The minimum atomic E-state index is -0.326. The number of rotatable bonds is 5. The van der Waals surface area contributed by atoms with Crippen LogP contribution in [0.1, 0.15) is 38.3 Å². The highest BCUT2D eigenvalue weighted by Gasteiger charge is 2.24. The summed E-state index contributed by atoms with van der Waals surface area (Å²) < 4.78 is 0. The molecular weight excluding hydrogens is 256 g/mol. The van der Waals surface area contributed by atoms with Crippen molar-refractivity contribution in [2.45, 2.75) is 32.7 Å². The van der Waals surface area contributed by atoms with Gasteiger partial charge in [-0.3, -0.25) is 4.79 Å². The molecular formula is C14H20N4O2. The number of aromatic nitrogens is 2. The van der Waals surface area contributed by atoms with Crippen molar-refractivity contribution in [3.05, 3.63) is 34.2 Å². The number of nitrogens with two attached hydrogens (primary N) is 2. The molecule has 0 fully saturated rings. The Morgan fingerprint density at radius 3 is 2.60 bits per heavy atom. The van der Waals surface area contributed by atoms with Crippen LogP contribution in [0.3, 0.4) is 0 Å². The van der Waals surface area contributed by atoms with Crippen molar-refractivity contribution >= 4 is 16.9 Å². The quantitative estimate of drug-likeness (QED) is 0.656.